The Morgan fingerprint density at radius 3 is 2.03 bits per heavy atom. The maximum atomic E-state index is 13.6. The van der Waals surface area contributed by atoms with Crippen molar-refractivity contribution in [1.82, 2.24) is 5.32 Å². The summed E-state index contributed by atoms with van der Waals surface area (Å²) in [6.07, 6.45) is 1.96. The number of carbonyl (C=O) groups excluding carboxylic acids is 1. The number of primary sulfonamides is 1. The molecular formula is C26H36N2O5S. The van der Waals surface area contributed by atoms with Gasteiger partial charge in [-0.3, -0.25) is 4.79 Å². The second-order valence-electron chi connectivity index (χ2n) is 9.73. The number of rotatable bonds is 11. The zero-order valence-corrected chi connectivity index (χ0v) is 20.9. The van der Waals surface area contributed by atoms with Crippen LogP contribution in [0.1, 0.15) is 57.1 Å². The Morgan fingerprint density at radius 1 is 0.971 bits per heavy atom. The molecule has 0 bridgehead atoms. The lowest BCUT2D eigenvalue weighted by Gasteiger charge is -2.39. The molecule has 2 aromatic rings. The van der Waals surface area contributed by atoms with E-state index >= 15 is 0 Å². The Kier molecular flexibility index (Phi) is 8.87. The zero-order valence-electron chi connectivity index (χ0n) is 20.0. The topological polar surface area (TPSA) is 108 Å². The van der Waals surface area contributed by atoms with E-state index in [9.17, 15) is 13.2 Å². The van der Waals surface area contributed by atoms with E-state index in [1.165, 1.54) is 0 Å². The van der Waals surface area contributed by atoms with Crippen molar-refractivity contribution in [2.45, 2.75) is 70.1 Å². The third-order valence-electron chi connectivity index (χ3n) is 6.35. The van der Waals surface area contributed by atoms with Crippen molar-refractivity contribution in [3.05, 3.63) is 71.8 Å². The molecule has 0 aliphatic heterocycles. The summed E-state index contributed by atoms with van der Waals surface area (Å²) < 4.78 is 37.1. The average Bonchev–Trinajstić information content (AvgIpc) is 2.80. The highest BCUT2D eigenvalue weighted by atomic mass is 32.2. The predicted molar refractivity (Wildman–Crippen MR) is 132 cm³/mol. The van der Waals surface area contributed by atoms with Gasteiger partial charge in [-0.25, -0.2) is 13.6 Å². The molecule has 186 valence electrons. The van der Waals surface area contributed by atoms with Crippen LogP contribution in [-0.4, -0.2) is 31.9 Å². The van der Waals surface area contributed by atoms with Gasteiger partial charge in [0.2, 0.25) is 10.0 Å². The molecule has 1 aliphatic rings. The molecule has 3 N–H and O–H groups in total. The molecule has 1 fully saturated rings. The fourth-order valence-corrected chi connectivity index (χ4v) is 5.49. The monoisotopic (exact) mass is 488 g/mol. The van der Waals surface area contributed by atoms with Gasteiger partial charge in [0.15, 0.2) is 4.87 Å². The van der Waals surface area contributed by atoms with Crippen LogP contribution < -0.4 is 10.5 Å². The molecule has 8 heteroatoms. The Hall–Kier alpha value is -2.26. The normalized spacial score (nSPS) is 17.1. The Balaban J connectivity index is 1.77. The van der Waals surface area contributed by atoms with Crippen molar-refractivity contribution in [2.75, 3.05) is 6.61 Å². The molecule has 1 amide bonds. The van der Waals surface area contributed by atoms with Crippen LogP contribution in [0.25, 0.3) is 0 Å². The maximum Gasteiger partial charge on any atom is 0.251 e. The van der Waals surface area contributed by atoms with Gasteiger partial charge in [0.05, 0.1) is 19.8 Å². The standard InChI is InChI=1S/C26H36N2O5S/c1-25(2,20-32-18-21-12-6-3-7-13-21)23(33-19-22-14-8-4-9-15-22)24(29)28-26(34(27,30)31)16-10-5-11-17-26/h3-4,6-9,12-15,23H,5,10-11,16-20H2,1-2H3,(H,28,29)(H2,27,30,31). The van der Waals surface area contributed by atoms with Crippen molar-refractivity contribution in [3.63, 3.8) is 0 Å². The maximum absolute atomic E-state index is 13.6. The van der Waals surface area contributed by atoms with Crippen LogP contribution in [-0.2, 0) is 37.5 Å². The fourth-order valence-electron chi connectivity index (χ4n) is 4.39. The van der Waals surface area contributed by atoms with E-state index in [1.54, 1.807) is 0 Å². The van der Waals surface area contributed by atoms with Gasteiger partial charge in [-0.15, -0.1) is 0 Å². The highest BCUT2D eigenvalue weighted by Gasteiger charge is 2.47. The molecule has 1 saturated carbocycles. The summed E-state index contributed by atoms with van der Waals surface area (Å²) in [4.78, 5) is 12.1. The summed E-state index contributed by atoms with van der Waals surface area (Å²) in [6.45, 7) is 4.63. The number of hydrogen-bond acceptors (Lipinski definition) is 5. The van der Waals surface area contributed by atoms with Gasteiger partial charge in [-0.1, -0.05) is 80.9 Å². The fraction of sp³-hybridized carbons (Fsp3) is 0.500. The average molecular weight is 489 g/mol. The summed E-state index contributed by atoms with van der Waals surface area (Å²) in [6, 6.07) is 19.3. The van der Waals surface area contributed by atoms with Crippen LogP contribution in [0.2, 0.25) is 0 Å². The Morgan fingerprint density at radius 2 is 1.50 bits per heavy atom. The van der Waals surface area contributed by atoms with Gasteiger partial charge in [0.25, 0.3) is 5.91 Å². The van der Waals surface area contributed by atoms with Gasteiger partial charge in [0, 0.05) is 5.41 Å². The van der Waals surface area contributed by atoms with Crippen molar-refractivity contribution >= 4 is 15.9 Å². The number of nitrogens with one attached hydrogen (secondary N) is 1. The van der Waals surface area contributed by atoms with Gasteiger partial charge in [-0.2, -0.15) is 0 Å². The van der Waals surface area contributed by atoms with Gasteiger partial charge in [-0.05, 0) is 36.8 Å². The van der Waals surface area contributed by atoms with Crippen LogP contribution in [0.5, 0.6) is 0 Å². The van der Waals surface area contributed by atoms with Crippen LogP contribution in [0, 0.1) is 5.41 Å². The summed E-state index contributed by atoms with van der Waals surface area (Å²) >= 11 is 0. The van der Waals surface area contributed by atoms with Crippen molar-refractivity contribution in [2.24, 2.45) is 10.6 Å². The lowest BCUT2D eigenvalue weighted by atomic mass is 9.85. The second kappa shape index (κ2) is 11.4. The molecule has 2 aromatic carbocycles. The first-order chi connectivity index (χ1) is 16.1. The van der Waals surface area contributed by atoms with Gasteiger partial charge < -0.3 is 14.8 Å². The van der Waals surface area contributed by atoms with Crippen LogP contribution in [0.15, 0.2) is 60.7 Å². The lowest BCUT2D eigenvalue weighted by Crippen LogP contribution is -2.61. The first kappa shape index (κ1) is 26.3. The first-order valence-corrected chi connectivity index (χ1v) is 13.3. The van der Waals surface area contributed by atoms with E-state index in [1.807, 2.05) is 74.5 Å². The molecule has 0 spiro atoms. The van der Waals surface area contributed by atoms with Crippen LogP contribution in [0.4, 0.5) is 0 Å². The molecule has 34 heavy (non-hydrogen) atoms. The second-order valence-corrected chi connectivity index (χ2v) is 11.6. The van der Waals surface area contributed by atoms with E-state index in [2.05, 4.69) is 5.32 Å². The minimum atomic E-state index is -4.00. The minimum absolute atomic E-state index is 0.212. The molecule has 0 heterocycles. The molecule has 0 saturated heterocycles. The number of sulfonamides is 1. The Bertz CT molecular complexity index is 1020. The molecule has 1 atom stereocenters. The number of amides is 1. The van der Waals surface area contributed by atoms with E-state index in [-0.39, 0.29) is 13.2 Å². The van der Waals surface area contributed by atoms with E-state index < -0.39 is 32.3 Å². The van der Waals surface area contributed by atoms with Crippen molar-refractivity contribution < 1.29 is 22.7 Å². The number of carbonyl (C=O) groups is 1. The zero-order chi connectivity index (χ0) is 24.7. The quantitative estimate of drug-likeness (QED) is 0.499. The first-order valence-electron chi connectivity index (χ1n) is 11.7. The Labute approximate surface area is 203 Å². The molecule has 7 nitrogen and oxygen atoms in total. The summed E-state index contributed by atoms with van der Waals surface area (Å²) in [7, 11) is -4.00. The van der Waals surface area contributed by atoms with E-state index in [0.717, 1.165) is 17.5 Å². The number of ether oxygens (including phenoxy) is 2. The third kappa shape index (κ3) is 6.88. The molecule has 0 radical (unpaired) electrons. The smallest absolute Gasteiger partial charge is 0.251 e. The van der Waals surface area contributed by atoms with Crippen molar-refractivity contribution in [3.8, 4) is 0 Å². The molecule has 3 rings (SSSR count). The third-order valence-corrected chi connectivity index (χ3v) is 7.95. The number of benzene rings is 2. The summed E-state index contributed by atoms with van der Waals surface area (Å²) in [5.74, 6) is -0.486. The summed E-state index contributed by atoms with van der Waals surface area (Å²) in [5, 5.41) is 8.39. The lowest BCUT2D eigenvalue weighted by molar-refractivity contribution is -0.148. The minimum Gasteiger partial charge on any atom is -0.376 e. The summed E-state index contributed by atoms with van der Waals surface area (Å²) in [5.41, 5.74) is 1.21. The molecule has 0 aromatic heterocycles. The largest absolute Gasteiger partial charge is 0.376 e. The molecule has 1 aliphatic carbocycles. The van der Waals surface area contributed by atoms with Crippen LogP contribution >= 0.6 is 0 Å². The molecular weight excluding hydrogens is 452 g/mol. The predicted octanol–water partition coefficient (Wildman–Crippen LogP) is 3.88. The number of hydrogen-bond donors (Lipinski definition) is 2. The van der Waals surface area contributed by atoms with Crippen LogP contribution in [0.3, 0.4) is 0 Å². The van der Waals surface area contributed by atoms with E-state index in [0.29, 0.717) is 32.3 Å². The van der Waals surface area contributed by atoms with E-state index in [4.69, 9.17) is 14.6 Å². The molecule has 1 unspecified atom stereocenters. The number of nitrogens with two attached hydrogens (primary N) is 1. The van der Waals surface area contributed by atoms with Gasteiger partial charge in [0.1, 0.15) is 6.10 Å². The highest BCUT2D eigenvalue weighted by molar-refractivity contribution is 7.90. The SMILES string of the molecule is CC(C)(COCc1ccccc1)C(OCc1ccccc1)C(=O)NC1(S(N)(=O)=O)CCCCC1. The van der Waals surface area contributed by atoms with Gasteiger partial charge >= 0.3 is 0 Å². The van der Waals surface area contributed by atoms with Crippen molar-refractivity contribution in [1.29, 1.82) is 0 Å². The highest BCUT2D eigenvalue weighted by Crippen LogP contribution is 2.33.